The molecule has 5 heteroatoms. The molecule has 0 fully saturated rings. The first-order chi connectivity index (χ1) is 6.77. The monoisotopic (exact) mass is 193 g/mol. The third-order valence-corrected chi connectivity index (χ3v) is 1.64. The number of nitriles is 1. The van der Waals surface area contributed by atoms with Gasteiger partial charge in [0.1, 0.15) is 11.9 Å². The van der Waals surface area contributed by atoms with Crippen molar-refractivity contribution in [3.8, 4) is 6.07 Å². The molecule has 14 heavy (non-hydrogen) atoms. The Balaban J connectivity index is 2.63. The molecule has 0 saturated heterocycles. The van der Waals surface area contributed by atoms with E-state index in [0.717, 1.165) is 0 Å². The molecule has 1 heterocycles. The van der Waals surface area contributed by atoms with Crippen molar-refractivity contribution in [2.75, 3.05) is 18.5 Å². The maximum absolute atomic E-state index is 9.06. The van der Waals surface area contributed by atoms with Gasteiger partial charge in [0.05, 0.1) is 18.3 Å². The Hall–Kier alpha value is -1.64. The smallest absolute Gasteiger partial charge is 0.143 e. The van der Waals surface area contributed by atoms with E-state index in [4.69, 9.17) is 15.5 Å². The minimum absolute atomic E-state index is 0.169. The van der Waals surface area contributed by atoms with E-state index >= 15 is 0 Å². The van der Waals surface area contributed by atoms with Crippen LogP contribution in [0.25, 0.3) is 0 Å². The van der Waals surface area contributed by atoms with E-state index in [9.17, 15) is 0 Å². The maximum atomic E-state index is 9.06. The van der Waals surface area contributed by atoms with E-state index < -0.39 is 6.10 Å². The molecule has 0 bridgehead atoms. The summed E-state index contributed by atoms with van der Waals surface area (Å²) in [7, 11) is 0. The van der Waals surface area contributed by atoms with E-state index in [0.29, 0.717) is 11.4 Å². The van der Waals surface area contributed by atoms with Gasteiger partial charge in [-0.3, -0.25) is 0 Å². The summed E-state index contributed by atoms with van der Waals surface area (Å²) in [5.74, 6) is 0.419. The van der Waals surface area contributed by atoms with Gasteiger partial charge in [0, 0.05) is 12.7 Å². The fraction of sp³-hybridized carbons (Fsp3) is 0.333. The van der Waals surface area contributed by atoms with Crippen LogP contribution in [0.3, 0.4) is 0 Å². The minimum Gasteiger partial charge on any atom is -0.394 e. The summed E-state index contributed by atoms with van der Waals surface area (Å²) in [6, 6.07) is 5.25. The van der Waals surface area contributed by atoms with E-state index in [-0.39, 0.29) is 13.2 Å². The molecule has 1 rings (SSSR count). The maximum Gasteiger partial charge on any atom is 0.143 e. The molecule has 0 amide bonds. The number of aromatic nitrogens is 1. The Labute approximate surface area is 81.6 Å². The van der Waals surface area contributed by atoms with Crippen molar-refractivity contribution in [2.24, 2.45) is 0 Å². The fourth-order valence-electron chi connectivity index (χ4n) is 0.915. The third-order valence-electron chi connectivity index (χ3n) is 1.64. The van der Waals surface area contributed by atoms with Crippen molar-refractivity contribution in [3.63, 3.8) is 0 Å². The van der Waals surface area contributed by atoms with Gasteiger partial charge >= 0.3 is 0 Å². The molecule has 1 unspecified atom stereocenters. The highest BCUT2D eigenvalue weighted by Crippen LogP contribution is 2.08. The molecule has 0 radical (unpaired) electrons. The minimum atomic E-state index is -0.844. The molecule has 1 atom stereocenters. The second kappa shape index (κ2) is 5.17. The second-order valence-corrected chi connectivity index (χ2v) is 2.73. The number of nitrogens with one attached hydrogen (secondary N) is 1. The molecule has 0 aliphatic rings. The number of hydrogen-bond acceptors (Lipinski definition) is 5. The molecule has 74 valence electrons. The molecule has 0 saturated carbocycles. The van der Waals surface area contributed by atoms with Crippen LogP contribution in [0.2, 0.25) is 0 Å². The predicted octanol–water partition coefficient (Wildman–Crippen LogP) is -0.282. The zero-order valence-electron chi connectivity index (χ0n) is 7.51. The SMILES string of the molecule is N#Cc1cccnc1NCC(O)CO. The summed E-state index contributed by atoms with van der Waals surface area (Å²) in [5.41, 5.74) is 0.414. The van der Waals surface area contributed by atoms with Gasteiger partial charge in [-0.1, -0.05) is 0 Å². The third kappa shape index (κ3) is 2.69. The van der Waals surface area contributed by atoms with Gasteiger partial charge in [-0.05, 0) is 12.1 Å². The van der Waals surface area contributed by atoms with Crippen LogP contribution in [-0.4, -0.2) is 34.5 Å². The molecule has 1 aromatic rings. The number of aliphatic hydroxyl groups is 2. The average molecular weight is 193 g/mol. The van der Waals surface area contributed by atoms with E-state index in [1.165, 1.54) is 0 Å². The summed E-state index contributed by atoms with van der Waals surface area (Å²) in [6.45, 7) is -0.149. The van der Waals surface area contributed by atoms with Crippen molar-refractivity contribution in [3.05, 3.63) is 23.9 Å². The Morgan fingerprint density at radius 3 is 3.07 bits per heavy atom. The normalized spacial score (nSPS) is 11.8. The van der Waals surface area contributed by atoms with Crippen LogP contribution in [0.5, 0.6) is 0 Å². The van der Waals surface area contributed by atoms with Crippen LogP contribution >= 0.6 is 0 Å². The zero-order chi connectivity index (χ0) is 10.4. The lowest BCUT2D eigenvalue weighted by atomic mass is 10.2. The Kier molecular flexibility index (Phi) is 3.85. The summed E-state index contributed by atoms with van der Waals surface area (Å²) in [4.78, 5) is 3.93. The first-order valence-corrected chi connectivity index (χ1v) is 4.16. The molecule has 0 aliphatic carbocycles. The molecule has 5 nitrogen and oxygen atoms in total. The molecular weight excluding hydrogens is 182 g/mol. The van der Waals surface area contributed by atoms with Crippen LogP contribution in [-0.2, 0) is 0 Å². The van der Waals surface area contributed by atoms with Crippen LogP contribution in [0.15, 0.2) is 18.3 Å². The van der Waals surface area contributed by atoms with Crippen molar-refractivity contribution >= 4 is 5.82 Å². The van der Waals surface area contributed by atoms with E-state index in [2.05, 4.69) is 10.3 Å². The van der Waals surface area contributed by atoms with Gasteiger partial charge < -0.3 is 15.5 Å². The van der Waals surface area contributed by atoms with Crippen molar-refractivity contribution in [1.29, 1.82) is 5.26 Å². The van der Waals surface area contributed by atoms with Crippen molar-refractivity contribution < 1.29 is 10.2 Å². The van der Waals surface area contributed by atoms with Gasteiger partial charge in [0.2, 0.25) is 0 Å². The Morgan fingerprint density at radius 1 is 1.64 bits per heavy atom. The Bertz CT molecular complexity index is 335. The standard InChI is InChI=1S/C9H11N3O2/c10-4-7-2-1-3-11-9(7)12-5-8(14)6-13/h1-3,8,13-14H,5-6H2,(H,11,12). The van der Waals surface area contributed by atoms with Crippen LogP contribution in [0.1, 0.15) is 5.56 Å². The first-order valence-electron chi connectivity index (χ1n) is 4.16. The summed E-state index contributed by atoms with van der Waals surface area (Å²) in [6.07, 6.45) is 0.706. The van der Waals surface area contributed by atoms with Crippen molar-refractivity contribution in [1.82, 2.24) is 4.98 Å². The molecule has 0 aliphatic heterocycles. The summed E-state index contributed by atoms with van der Waals surface area (Å²) >= 11 is 0. The van der Waals surface area contributed by atoms with E-state index in [1.807, 2.05) is 6.07 Å². The lowest BCUT2D eigenvalue weighted by Gasteiger charge is -2.09. The molecule has 0 aromatic carbocycles. The van der Waals surface area contributed by atoms with Crippen LogP contribution < -0.4 is 5.32 Å². The van der Waals surface area contributed by atoms with Gasteiger partial charge in [-0.2, -0.15) is 5.26 Å². The van der Waals surface area contributed by atoms with Crippen LogP contribution in [0.4, 0.5) is 5.82 Å². The average Bonchev–Trinajstić information content (AvgIpc) is 2.26. The summed E-state index contributed by atoms with van der Waals surface area (Å²) in [5, 5.41) is 29.1. The number of aliphatic hydroxyl groups excluding tert-OH is 2. The zero-order valence-corrected chi connectivity index (χ0v) is 7.51. The molecule has 0 spiro atoms. The van der Waals surface area contributed by atoms with Gasteiger partial charge in [-0.15, -0.1) is 0 Å². The van der Waals surface area contributed by atoms with Gasteiger partial charge in [0.25, 0.3) is 0 Å². The quantitative estimate of drug-likeness (QED) is 0.612. The summed E-state index contributed by atoms with van der Waals surface area (Å²) < 4.78 is 0. The largest absolute Gasteiger partial charge is 0.394 e. The lowest BCUT2D eigenvalue weighted by Crippen LogP contribution is -2.23. The predicted molar refractivity (Wildman–Crippen MR) is 50.5 cm³/mol. The highest BCUT2D eigenvalue weighted by atomic mass is 16.3. The number of nitrogens with zero attached hydrogens (tertiary/aromatic N) is 2. The van der Waals surface area contributed by atoms with Crippen molar-refractivity contribution in [2.45, 2.75) is 6.10 Å². The van der Waals surface area contributed by atoms with Gasteiger partial charge in [-0.25, -0.2) is 4.98 Å². The second-order valence-electron chi connectivity index (χ2n) is 2.73. The molecule has 1 aromatic heterocycles. The number of rotatable bonds is 4. The lowest BCUT2D eigenvalue weighted by molar-refractivity contribution is 0.105. The van der Waals surface area contributed by atoms with Crippen LogP contribution in [0, 0.1) is 11.3 Å². The topological polar surface area (TPSA) is 89.2 Å². The molecular formula is C9H11N3O2. The number of anilines is 1. The Morgan fingerprint density at radius 2 is 2.43 bits per heavy atom. The molecule has 3 N–H and O–H groups in total. The highest BCUT2D eigenvalue weighted by Gasteiger charge is 2.04. The fourth-order valence-corrected chi connectivity index (χ4v) is 0.915. The number of hydrogen-bond donors (Lipinski definition) is 3. The first kappa shape index (κ1) is 10.4. The number of pyridine rings is 1. The van der Waals surface area contributed by atoms with Gasteiger partial charge in [0.15, 0.2) is 0 Å². The van der Waals surface area contributed by atoms with E-state index in [1.54, 1.807) is 18.3 Å². The highest BCUT2D eigenvalue weighted by molar-refractivity contribution is 5.51.